The van der Waals surface area contributed by atoms with Crippen molar-refractivity contribution in [2.24, 2.45) is 11.1 Å². The number of rotatable bonds is 5. The zero-order valence-electron chi connectivity index (χ0n) is 29.0. The molecule has 1 fully saturated rings. The Kier molecular flexibility index (Phi) is 11.2. The van der Waals surface area contributed by atoms with Gasteiger partial charge in [-0.2, -0.15) is 0 Å². The molecule has 8 heteroatoms. The van der Waals surface area contributed by atoms with Crippen LogP contribution in [0.4, 0.5) is 16.2 Å². The molecule has 4 N–H and O–H groups in total. The van der Waals surface area contributed by atoms with Gasteiger partial charge >= 0.3 is 6.09 Å². The molecule has 0 saturated heterocycles. The molecule has 1 saturated carbocycles. The summed E-state index contributed by atoms with van der Waals surface area (Å²) in [5.41, 5.74) is 12.2. The Bertz CT molecular complexity index is 1750. The first-order valence-corrected chi connectivity index (χ1v) is 17.2. The quantitative estimate of drug-likeness (QED) is 0.200. The molecule has 49 heavy (non-hydrogen) atoms. The zero-order valence-corrected chi connectivity index (χ0v) is 29.0. The minimum absolute atomic E-state index is 0.0293. The zero-order chi connectivity index (χ0) is 35.0. The molecular weight excluding hydrogens is 612 g/mol. The van der Waals surface area contributed by atoms with Crippen LogP contribution >= 0.6 is 0 Å². The molecule has 0 radical (unpaired) electrons. The molecule has 4 aromatic carbocycles. The van der Waals surface area contributed by atoms with Gasteiger partial charge in [-0.25, -0.2) is 4.79 Å². The molecule has 1 spiro atoms. The third-order valence-electron chi connectivity index (χ3n) is 9.25. The number of carbonyl (C=O) groups excluding carboxylic acids is 3. The Balaban J connectivity index is 0.000000409. The fourth-order valence-corrected chi connectivity index (χ4v) is 6.81. The van der Waals surface area contributed by atoms with Gasteiger partial charge in [0.05, 0.1) is 0 Å². The van der Waals surface area contributed by atoms with Crippen molar-refractivity contribution < 1.29 is 19.1 Å². The Morgan fingerprint density at radius 2 is 1.55 bits per heavy atom. The molecule has 0 aromatic heterocycles. The minimum atomic E-state index is -0.390. The van der Waals surface area contributed by atoms with Gasteiger partial charge < -0.3 is 26.0 Å². The van der Waals surface area contributed by atoms with E-state index in [4.69, 9.17) is 10.5 Å². The van der Waals surface area contributed by atoms with E-state index in [0.717, 1.165) is 48.9 Å². The largest absolute Gasteiger partial charge is 0.444 e. The van der Waals surface area contributed by atoms with Crippen LogP contribution in [-0.4, -0.2) is 42.6 Å². The van der Waals surface area contributed by atoms with E-state index in [1.165, 1.54) is 5.56 Å². The molecule has 6 rings (SSSR count). The summed E-state index contributed by atoms with van der Waals surface area (Å²) >= 11 is 0. The number of carbonyl (C=O) groups is 3. The van der Waals surface area contributed by atoms with E-state index in [1.54, 1.807) is 24.3 Å². The molecule has 8 nitrogen and oxygen atoms in total. The van der Waals surface area contributed by atoms with Crippen molar-refractivity contribution >= 4 is 29.3 Å². The second kappa shape index (κ2) is 15.5. The summed E-state index contributed by atoms with van der Waals surface area (Å²) in [6, 6.07) is 33.1. The number of amides is 3. The van der Waals surface area contributed by atoms with Crippen LogP contribution < -0.4 is 21.3 Å². The van der Waals surface area contributed by atoms with Crippen LogP contribution in [-0.2, 0) is 11.2 Å². The number of ether oxygens (including phenoxy) is 1. The standard InChI is InChI=1S/C34H33N3O2.C7H15NO2/c35-31-15-8-20-34(31)21-22-37(30-14-7-4-11-26(30)23-34)33(39)25-16-18-27(19-17-25)36-32(38)29-13-6-5-12-28(29)24-9-2-1-3-10-24;1-5-8-6(9)10-7(2,3)4/h1-7,9-14,16-19,31H,8,15,20-23,35H2,(H,36,38);5H2,1-4H3,(H,8,9). The van der Waals surface area contributed by atoms with Crippen molar-refractivity contribution in [2.45, 2.75) is 71.4 Å². The van der Waals surface area contributed by atoms with Gasteiger partial charge in [0.15, 0.2) is 0 Å². The first kappa shape index (κ1) is 35.4. The monoisotopic (exact) mass is 660 g/mol. The SMILES string of the molecule is CCNC(=O)OC(C)(C)C.NC1CCCC12CCN(C(=O)c1ccc(NC(=O)c3ccccc3-c3ccccc3)cc1)c1ccccc1C2. The topological polar surface area (TPSA) is 114 Å². The maximum Gasteiger partial charge on any atom is 0.407 e. The van der Waals surface area contributed by atoms with Crippen LogP contribution in [0.25, 0.3) is 11.1 Å². The minimum Gasteiger partial charge on any atom is -0.444 e. The third-order valence-corrected chi connectivity index (χ3v) is 9.25. The van der Waals surface area contributed by atoms with Crippen molar-refractivity contribution in [3.63, 3.8) is 0 Å². The van der Waals surface area contributed by atoms with Gasteiger partial charge in [0.2, 0.25) is 0 Å². The van der Waals surface area contributed by atoms with Gasteiger partial charge in [-0.15, -0.1) is 0 Å². The molecule has 0 bridgehead atoms. The summed E-state index contributed by atoms with van der Waals surface area (Å²) in [5.74, 6) is -0.216. The normalized spacial score (nSPS) is 18.4. The first-order valence-electron chi connectivity index (χ1n) is 17.2. The summed E-state index contributed by atoms with van der Waals surface area (Å²) in [5, 5.41) is 5.54. The highest BCUT2D eigenvalue weighted by atomic mass is 16.6. The summed E-state index contributed by atoms with van der Waals surface area (Å²) in [7, 11) is 0. The number of hydrogen-bond acceptors (Lipinski definition) is 5. The lowest BCUT2D eigenvalue weighted by molar-refractivity contribution is 0.0530. The van der Waals surface area contributed by atoms with E-state index >= 15 is 0 Å². The van der Waals surface area contributed by atoms with E-state index in [2.05, 4.69) is 22.8 Å². The number of nitrogens with one attached hydrogen (secondary N) is 2. The van der Waals surface area contributed by atoms with Crippen LogP contribution in [0.15, 0.2) is 103 Å². The predicted octanol–water partition coefficient (Wildman–Crippen LogP) is 8.23. The van der Waals surface area contributed by atoms with Crippen molar-refractivity contribution in [3.05, 3.63) is 120 Å². The van der Waals surface area contributed by atoms with E-state index < -0.39 is 0 Å². The fourth-order valence-electron chi connectivity index (χ4n) is 6.81. The number of nitrogens with two attached hydrogens (primary N) is 1. The Labute approximate surface area is 290 Å². The van der Waals surface area contributed by atoms with Crippen LogP contribution in [0.5, 0.6) is 0 Å². The lowest BCUT2D eigenvalue weighted by Crippen LogP contribution is -2.40. The molecule has 256 valence electrons. The smallest absolute Gasteiger partial charge is 0.407 e. The predicted molar refractivity (Wildman–Crippen MR) is 197 cm³/mol. The van der Waals surface area contributed by atoms with Crippen LogP contribution in [0.1, 0.15) is 79.7 Å². The summed E-state index contributed by atoms with van der Waals surface area (Å²) in [4.78, 5) is 39.6. The third kappa shape index (κ3) is 8.75. The van der Waals surface area contributed by atoms with Crippen LogP contribution in [0.3, 0.4) is 0 Å². The van der Waals surface area contributed by atoms with Gasteiger partial charge in [-0.05, 0) is 112 Å². The second-order valence-electron chi connectivity index (χ2n) is 13.8. The fraction of sp³-hybridized carbons (Fsp3) is 0.341. The van der Waals surface area contributed by atoms with E-state index in [9.17, 15) is 14.4 Å². The molecule has 1 heterocycles. The van der Waals surface area contributed by atoms with E-state index in [1.807, 2.05) is 99.3 Å². The maximum absolute atomic E-state index is 13.8. The lowest BCUT2D eigenvalue weighted by Gasteiger charge is -2.32. The van der Waals surface area contributed by atoms with Crippen molar-refractivity contribution in [3.8, 4) is 11.1 Å². The molecule has 3 amide bonds. The van der Waals surface area contributed by atoms with Gasteiger partial charge in [-0.1, -0.05) is 73.2 Å². The molecular formula is C41H48N4O4. The number of fused-ring (bicyclic) bond motifs is 1. The number of alkyl carbamates (subject to hydrolysis) is 1. The lowest BCUT2D eigenvalue weighted by atomic mass is 9.75. The summed E-state index contributed by atoms with van der Waals surface area (Å²) in [6.45, 7) is 8.61. The summed E-state index contributed by atoms with van der Waals surface area (Å²) in [6.07, 6.45) is 4.80. The van der Waals surface area contributed by atoms with Gasteiger partial charge in [-0.3, -0.25) is 9.59 Å². The molecule has 2 aliphatic rings. The number of nitrogens with zero attached hydrogens (tertiary/aromatic N) is 1. The maximum atomic E-state index is 13.8. The van der Waals surface area contributed by atoms with Gasteiger partial charge in [0.25, 0.3) is 11.8 Å². The highest BCUT2D eigenvalue weighted by molar-refractivity contribution is 6.10. The number of anilines is 2. The number of benzene rings is 4. The van der Waals surface area contributed by atoms with Crippen molar-refractivity contribution in [1.82, 2.24) is 5.32 Å². The molecule has 2 atom stereocenters. The van der Waals surface area contributed by atoms with Crippen molar-refractivity contribution in [2.75, 3.05) is 23.3 Å². The van der Waals surface area contributed by atoms with Gasteiger partial charge in [0.1, 0.15) is 5.60 Å². The average Bonchev–Trinajstić information content (AvgIpc) is 3.34. The highest BCUT2D eigenvalue weighted by Gasteiger charge is 2.43. The number of hydrogen-bond donors (Lipinski definition) is 3. The Morgan fingerprint density at radius 1 is 0.878 bits per heavy atom. The second-order valence-corrected chi connectivity index (χ2v) is 13.8. The van der Waals surface area contributed by atoms with Gasteiger partial charge in [0, 0.05) is 41.6 Å². The van der Waals surface area contributed by atoms with Crippen LogP contribution in [0, 0.1) is 5.41 Å². The Hall–Kier alpha value is -4.95. The van der Waals surface area contributed by atoms with Crippen LogP contribution in [0.2, 0.25) is 0 Å². The number of para-hydroxylation sites is 1. The molecule has 1 aliphatic heterocycles. The van der Waals surface area contributed by atoms with E-state index in [0.29, 0.717) is 29.9 Å². The molecule has 2 unspecified atom stereocenters. The Morgan fingerprint density at radius 3 is 2.22 bits per heavy atom. The van der Waals surface area contributed by atoms with Crippen molar-refractivity contribution in [1.29, 1.82) is 0 Å². The molecule has 1 aliphatic carbocycles. The molecule has 4 aromatic rings. The average molecular weight is 661 g/mol. The van der Waals surface area contributed by atoms with E-state index in [-0.39, 0.29) is 35.0 Å². The summed E-state index contributed by atoms with van der Waals surface area (Å²) < 4.78 is 4.93. The highest BCUT2D eigenvalue weighted by Crippen LogP contribution is 2.46. The first-order chi connectivity index (χ1) is 23.5.